The summed E-state index contributed by atoms with van der Waals surface area (Å²) in [5.74, 6) is 0.755. The third-order valence-corrected chi connectivity index (χ3v) is 3.82. The summed E-state index contributed by atoms with van der Waals surface area (Å²) in [7, 11) is 0. The third-order valence-electron chi connectivity index (χ3n) is 3.47. The Balaban J connectivity index is 1.73. The molecule has 3 rings (SSSR count). The van der Waals surface area contributed by atoms with Crippen molar-refractivity contribution in [3.8, 4) is 5.69 Å². The largest absolute Gasteiger partial charge is 0.303 e. The van der Waals surface area contributed by atoms with Crippen molar-refractivity contribution in [2.75, 3.05) is 0 Å². The lowest BCUT2D eigenvalue weighted by molar-refractivity contribution is 0.551. The number of benzene rings is 2. The Morgan fingerprint density at radius 1 is 1.09 bits per heavy atom. The van der Waals surface area contributed by atoms with E-state index in [-0.39, 0.29) is 6.04 Å². The molecule has 112 valence electrons. The molecule has 0 saturated carbocycles. The van der Waals surface area contributed by atoms with E-state index in [1.165, 1.54) is 0 Å². The molecule has 1 atom stereocenters. The number of para-hydroxylation sites is 1. The number of hydrogen-bond donors (Lipinski definition) is 1. The zero-order chi connectivity index (χ0) is 15.4. The lowest BCUT2D eigenvalue weighted by Crippen LogP contribution is -2.21. The maximum absolute atomic E-state index is 6.22. The number of halogens is 1. The molecule has 0 bridgehead atoms. The van der Waals surface area contributed by atoms with Crippen molar-refractivity contribution in [1.29, 1.82) is 0 Å². The molecular weight excluding hydrogens is 298 g/mol. The highest BCUT2D eigenvalue weighted by molar-refractivity contribution is 6.31. The van der Waals surface area contributed by atoms with Crippen LogP contribution in [0.1, 0.15) is 24.4 Å². The number of nitrogens with zero attached hydrogens (tertiary/aromatic N) is 4. The molecule has 0 radical (unpaired) electrons. The second-order valence-electron chi connectivity index (χ2n) is 4.97. The van der Waals surface area contributed by atoms with Crippen LogP contribution >= 0.6 is 11.6 Å². The Bertz CT molecular complexity index is 741. The lowest BCUT2D eigenvalue weighted by Gasteiger charge is -2.15. The third kappa shape index (κ3) is 3.16. The van der Waals surface area contributed by atoms with Gasteiger partial charge in [0.2, 0.25) is 0 Å². The highest BCUT2D eigenvalue weighted by atomic mass is 35.5. The van der Waals surface area contributed by atoms with E-state index < -0.39 is 0 Å². The van der Waals surface area contributed by atoms with Crippen LogP contribution in [0.4, 0.5) is 0 Å². The highest BCUT2D eigenvalue weighted by Crippen LogP contribution is 2.22. The molecule has 22 heavy (non-hydrogen) atoms. The number of rotatable bonds is 5. The average Bonchev–Trinajstić information content (AvgIpc) is 3.02. The van der Waals surface area contributed by atoms with Gasteiger partial charge in [-0.25, -0.2) is 0 Å². The summed E-state index contributed by atoms with van der Waals surface area (Å²) in [4.78, 5) is 0. The highest BCUT2D eigenvalue weighted by Gasteiger charge is 2.12. The fourth-order valence-corrected chi connectivity index (χ4v) is 2.57. The molecule has 0 amide bonds. The second kappa shape index (κ2) is 6.68. The topological polar surface area (TPSA) is 55.6 Å². The van der Waals surface area contributed by atoms with Crippen LogP contribution in [-0.2, 0) is 6.54 Å². The summed E-state index contributed by atoms with van der Waals surface area (Å²) in [5, 5.41) is 16.1. The first-order chi connectivity index (χ1) is 10.8. The summed E-state index contributed by atoms with van der Waals surface area (Å²) in [6, 6.07) is 17.7. The van der Waals surface area contributed by atoms with Crippen LogP contribution in [-0.4, -0.2) is 20.2 Å². The van der Waals surface area contributed by atoms with E-state index in [1.807, 2.05) is 54.6 Å². The van der Waals surface area contributed by atoms with Crippen molar-refractivity contribution in [2.24, 2.45) is 0 Å². The fourth-order valence-electron chi connectivity index (χ4n) is 2.27. The smallest absolute Gasteiger partial charge is 0.170 e. The van der Waals surface area contributed by atoms with Gasteiger partial charge in [-0.15, -0.1) is 5.10 Å². The van der Waals surface area contributed by atoms with Gasteiger partial charge >= 0.3 is 0 Å². The van der Waals surface area contributed by atoms with E-state index in [1.54, 1.807) is 4.68 Å². The predicted molar refractivity (Wildman–Crippen MR) is 85.9 cm³/mol. The SMILES string of the molecule is CC(NCc1nnnn1-c1ccccc1)c1ccccc1Cl. The van der Waals surface area contributed by atoms with E-state index >= 15 is 0 Å². The van der Waals surface area contributed by atoms with Crippen LogP contribution in [0.15, 0.2) is 54.6 Å². The van der Waals surface area contributed by atoms with Gasteiger partial charge in [0.25, 0.3) is 0 Å². The lowest BCUT2D eigenvalue weighted by atomic mass is 10.1. The van der Waals surface area contributed by atoms with Crippen LogP contribution in [0.2, 0.25) is 5.02 Å². The normalized spacial score (nSPS) is 12.3. The van der Waals surface area contributed by atoms with Crippen molar-refractivity contribution in [1.82, 2.24) is 25.5 Å². The molecule has 0 saturated heterocycles. The fraction of sp³-hybridized carbons (Fsp3) is 0.188. The molecule has 2 aromatic carbocycles. The molecule has 0 fully saturated rings. The van der Waals surface area contributed by atoms with Gasteiger partial charge in [-0.3, -0.25) is 0 Å². The standard InChI is InChI=1S/C16H16ClN5/c1-12(14-9-5-6-10-15(14)17)18-11-16-19-20-21-22(16)13-7-3-2-4-8-13/h2-10,12,18H,11H2,1H3. The van der Waals surface area contributed by atoms with Gasteiger partial charge in [0, 0.05) is 11.1 Å². The Morgan fingerprint density at radius 2 is 1.82 bits per heavy atom. The summed E-state index contributed by atoms with van der Waals surface area (Å²) >= 11 is 6.22. The molecular formula is C16H16ClN5. The van der Waals surface area contributed by atoms with Gasteiger partial charge in [-0.05, 0) is 41.1 Å². The monoisotopic (exact) mass is 313 g/mol. The summed E-state index contributed by atoms with van der Waals surface area (Å²) in [6.45, 7) is 2.62. The van der Waals surface area contributed by atoms with Crippen LogP contribution < -0.4 is 5.32 Å². The summed E-state index contributed by atoms with van der Waals surface area (Å²) < 4.78 is 1.73. The maximum atomic E-state index is 6.22. The molecule has 0 aliphatic heterocycles. The molecule has 1 unspecified atom stereocenters. The van der Waals surface area contributed by atoms with Gasteiger partial charge < -0.3 is 5.32 Å². The summed E-state index contributed by atoms with van der Waals surface area (Å²) in [5.41, 5.74) is 2.00. The number of tetrazole rings is 1. The first-order valence-corrected chi connectivity index (χ1v) is 7.44. The van der Waals surface area contributed by atoms with Crippen LogP contribution in [0, 0.1) is 0 Å². The van der Waals surface area contributed by atoms with E-state index in [0.29, 0.717) is 6.54 Å². The van der Waals surface area contributed by atoms with Crippen LogP contribution in [0.25, 0.3) is 5.69 Å². The zero-order valence-corrected chi connectivity index (χ0v) is 12.9. The minimum absolute atomic E-state index is 0.106. The molecule has 6 heteroatoms. The Hall–Kier alpha value is -2.24. The molecule has 5 nitrogen and oxygen atoms in total. The predicted octanol–water partition coefficient (Wildman–Crippen LogP) is 3.17. The molecule has 0 aliphatic carbocycles. The van der Waals surface area contributed by atoms with Crippen LogP contribution in [0.3, 0.4) is 0 Å². The number of aromatic nitrogens is 4. The van der Waals surface area contributed by atoms with Crippen molar-refractivity contribution >= 4 is 11.6 Å². The van der Waals surface area contributed by atoms with Gasteiger partial charge in [0.1, 0.15) is 0 Å². The Labute approximate surface area is 133 Å². The van der Waals surface area contributed by atoms with Crippen molar-refractivity contribution < 1.29 is 0 Å². The van der Waals surface area contributed by atoms with Gasteiger partial charge in [-0.2, -0.15) is 4.68 Å². The first-order valence-electron chi connectivity index (χ1n) is 7.06. The average molecular weight is 314 g/mol. The molecule has 0 aliphatic rings. The molecule has 3 aromatic rings. The Kier molecular flexibility index (Phi) is 4.46. The quantitative estimate of drug-likeness (QED) is 0.786. The number of hydrogen-bond acceptors (Lipinski definition) is 4. The molecule has 1 N–H and O–H groups in total. The van der Waals surface area contributed by atoms with Gasteiger partial charge in [-0.1, -0.05) is 48.0 Å². The van der Waals surface area contributed by atoms with Crippen molar-refractivity contribution in [3.63, 3.8) is 0 Å². The minimum atomic E-state index is 0.106. The van der Waals surface area contributed by atoms with Gasteiger partial charge in [0.05, 0.1) is 12.2 Å². The first kappa shape index (κ1) is 14.7. The summed E-state index contributed by atoms with van der Waals surface area (Å²) in [6.07, 6.45) is 0. The van der Waals surface area contributed by atoms with Crippen molar-refractivity contribution in [3.05, 3.63) is 71.0 Å². The second-order valence-corrected chi connectivity index (χ2v) is 5.37. The molecule has 1 aromatic heterocycles. The van der Waals surface area contributed by atoms with E-state index in [4.69, 9.17) is 11.6 Å². The molecule has 0 spiro atoms. The van der Waals surface area contributed by atoms with E-state index in [9.17, 15) is 0 Å². The van der Waals surface area contributed by atoms with Crippen molar-refractivity contribution in [2.45, 2.75) is 19.5 Å². The van der Waals surface area contributed by atoms with Crippen LogP contribution in [0.5, 0.6) is 0 Å². The minimum Gasteiger partial charge on any atom is -0.303 e. The molecule has 1 heterocycles. The zero-order valence-electron chi connectivity index (χ0n) is 12.1. The Morgan fingerprint density at radius 3 is 2.59 bits per heavy atom. The van der Waals surface area contributed by atoms with E-state index in [0.717, 1.165) is 22.1 Å². The number of nitrogens with one attached hydrogen (secondary N) is 1. The van der Waals surface area contributed by atoms with Gasteiger partial charge in [0.15, 0.2) is 5.82 Å². The maximum Gasteiger partial charge on any atom is 0.170 e. The van der Waals surface area contributed by atoms with E-state index in [2.05, 4.69) is 27.8 Å².